The Balaban J connectivity index is 1.43. The molecule has 3 N–H and O–H groups in total. The largest absolute Gasteiger partial charge is 0.504 e. The van der Waals surface area contributed by atoms with E-state index < -0.39 is 26.6 Å². The van der Waals surface area contributed by atoms with Crippen molar-refractivity contribution in [3.8, 4) is 34.5 Å². The highest BCUT2D eigenvalue weighted by Gasteiger charge is 2.50. The lowest BCUT2D eigenvalue weighted by Crippen LogP contribution is -2.60. The van der Waals surface area contributed by atoms with Gasteiger partial charge < -0.3 is 43.6 Å². The monoisotopic (exact) mass is 856 g/mol. The summed E-state index contributed by atoms with van der Waals surface area (Å²) in [7, 11) is 6.54. The third kappa shape index (κ3) is 8.72. The lowest BCUT2D eigenvalue weighted by molar-refractivity contribution is -0.0599. The predicted octanol–water partition coefficient (Wildman–Crippen LogP) is 8.36. The molecule has 61 heavy (non-hydrogen) atoms. The molecular weight excluding hydrogens is 789 g/mol. The molecule has 12 nitrogen and oxygen atoms in total. The number of phenolic OH excluding ortho intramolecular Hbond substituents is 2. The summed E-state index contributed by atoms with van der Waals surface area (Å²) in [6.45, 7) is 26.4. The van der Waals surface area contributed by atoms with Crippen molar-refractivity contribution in [2.75, 3.05) is 61.8 Å². The van der Waals surface area contributed by atoms with E-state index in [9.17, 15) is 10.2 Å². The highest BCUT2D eigenvalue weighted by Crippen LogP contribution is 2.54. The summed E-state index contributed by atoms with van der Waals surface area (Å²) in [4.78, 5) is 8.92. The van der Waals surface area contributed by atoms with E-state index in [2.05, 4.69) is 67.3 Å². The Kier molecular flexibility index (Phi) is 14.7. The zero-order valence-electron chi connectivity index (χ0n) is 38.3. The van der Waals surface area contributed by atoms with Crippen molar-refractivity contribution >= 4 is 14.4 Å². The van der Waals surface area contributed by atoms with Crippen LogP contribution >= 0.6 is 0 Å². The normalized spacial score (nSPS) is 22.8. The Morgan fingerprint density at radius 2 is 1.46 bits per heavy atom. The summed E-state index contributed by atoms with van der Waals surface area (Å²) in [6, 6.07) is 8.43. The first kappa shape index (κ1) is 46.2. The number of morpholine rings is 1. The molecule has 1 fully saturated rings. The van der Waals surface area contributed by atoms with E-state index in [1.807, 2.05) is 50.3 Å². The van der Waals surface area contributed by atoms with Crippen molar-refractivity contribution in [3.63, 3.8) is 0 Å². The number of rotatable bonds is 15. The quantitative estimate of drug-likeness (QED) is 0.101. The molecule has 0 spiro atoms. The number of benzene rings is 3. The molecule has 0 amide bonds. The van der Waals surface area contributed by atoms with Crippen LogP contribution in [-0.2, 0) is 22.0 Å². The lowest BCUT2D eigenvalue weighted by Gasteiger charge is -2.49. The van der Waals surface area contributed by atoms with Crippen LogP contribution in [0.15, 0.2) is 36.4 Å². The molecule has 1 saturated heterocycles. The number of methoxy groups -OCH3 is 4. The maximum Gasteiger partial charge on any atom is 0.295 e. The second-order valence-corrected chi connectivity index (χ2v) is 22.6. The van der Waals surface area contributed by atoms with Gasteiger partial charge in [0, 0.05) is 65.5 Å². The van der Waals surface area contributed by atoms with E-state index in [0.717, 1.165) is 23.1 Å². The summed E-state index contributed by atoms with van der Waals surface area (Å²) in [5, 5.41) is 28.1. The number of likely N-dealkylation sites (N-methyl/N-ethyl adjacent to an activating group) is 1. The van der Waals surface area contributed by atoms with Gasteiger partial charge in [0.2, 0.25) is 0 Å². The van der Waals surface area contributed by atoms with Crippen molar-refractivity contribution in [2.45, 2.75) is 115 Å². The van der Waals surface area contributed by atoms with Crippen molar-refractivity contribution in [1.82, 2.24) is 15.1 Å². The van der Waals surface area contributed by atoms with Crippen LogP contribution in [0.1, 0.15) is 85.1 Å². The van der Waals surface area contributed by atoms with Crippen LogP contribution < -0.4 is 24.3 Å². The van der Waals surface area contributed by atoms with Gasteiger partial charge in [-0.15, -0.1) is 0 Å². The van der Waals surface area contributed by atoms with Gasteiger partial charge in [-0.3, -0.25) is 9.74 Å². The Morgan fingerprint density at radius 3 is 2.02 bits per heavy atom. The Labute approximate surface area is 364 Å². The molecule has 6 rings (SSSR count). The first-order valence-corrected chi connectivity index (χ1v) is 24.2. The molecule has 3 aliphatic rings. The molecule has 3 unspecified atom stereocenters. The fourth-order valence-corrected chi connectivity index (χ4v) is 12.7. The summed E-state index contributed by atoms with van der Waals surface area (Å²) < 4.78 is 36.9. The van der Waals surface area contributed by atoms with E-state index in [0.29, 0.717) is 95.5 Å². The average Bonchev–Trinajstić information content (AvgIpc) is 3.24. The minimum Gasteiger partial charge on any atom is -0.504 e. The minimum absolute atomic E-state index is 0.0555. The number of fused-ring (bicyclic) bond motifs is 2. The van der Waals surface area contributed by atoms with Crippen molar-refractivity contribution < 1.29 is 38.3 Å². The molecule has 3 heterocycles. The Morgan fingerprint density at radius 1 is 0.885 bits per heavy atom. The van der Waals surface area contributed by atoms with Gasteiger partial charge >= 0.3 is 0 Å². The fraction of sp³-hybridized carbons (Fsp3) is 0.562. The van der Waals surface area contributed by atoms with Crippen LogP contribution in [-0.4, -0.2) is 114 Å². The molecule has 3 aromatic carbocycles. The first-order valence-electron chi connectivity index (χ1n) is 21.7. The molecule has 0 aromatic heterocycles. The van der Waals surface area contributed by atoms with Crippen molar-refractivity contribution in [1.29, 1.82) is 0 Å². The van der Waals surface area contributed by atoms with E-state index in [4.69, 9.17) is 34.7 Å². The average molecular weight is 857 g/mol. The van der Waals surface area contributed by atoms with Gasteiger partial charge in [-0.1, -0.05) is 70.2 Å². The van der Waals surface area contributed by atoms with Crippen LogP contribution in [0.3, 0.4) is 0 Å². The molecule has 0 aliphatic carbocycles. The number of phenols is 2. The highest BCUT2D eigenvalue weighted by molar-refractivity contribution is 6.75. The number of aromatic hydroxyl groups is 2. The number of ether oxygens (including phenoxy) is 5. The van der Waals surface area contributed by atoms with Crippen LogP contribution in [0.25, 0.3) is 10.9 Å². The second kappa shape index (κ2) is 19.4. The zero-order valence-corrected chi connectivity index (χ0v) is 39.3. The maximum absolute atomic E-state index is 12.3. The number of hydrogen-bond donors (Lipinski definition) is 3. The number of nitrogens with one attached hydrogen (secondary N) is 1. The van der Waals surface area contributed by atoms with Gasteiger partial charge in [0.15, 0.2) is 31.3 Å². The third-order valence-electron chi connectivity index (χ3n) is 13.9. The van der Waals surface area contributed by atoms with Gasteiger partial charge in [-0.25, -0.2) is 11.5 Å². The SMILES string of the molecule is [C-]#[N+][C@H](C1Cc2c(OC)c(C)c(OC)c(O)c2C(C2Cc3c(OC)c(C)c(OC)c(O)c3[C@H](/C=C/c3ccccc3)N2)N1C)N1CCO[C@@H](CCO[Si](C)(C(C)C)C(C)C)C1. The molecule has 3 aromatic rings. The van der Waals surface area contributed by atoms with Gasteiger partial charge in [-0.2, -0.15) is 0 Å². The molecule has 0 radical (unpaired) electrons. The van der Waals surface area contributed by atoms with Crippen LogP contribution in [0.4, 0.5) is 0 Å². The highest BCUT2D eigenvalue weighted by atomic mass is 28.4. The van der Waals surface area contributed by atoms with Crippen LogP contribution in [0.5, 0.6) is 34.5 Å². The molecule has 13 heteroatoms. The van der Waals surface area contributed by atoms with E-state index in [-0.39, 0.29) is 29.7 Å². The third-order valence-corrected chi connectivity index (χ3v) is 19.4. The predicted molar refractivity (Wildman–Crippen MR) is 243 cm³/mol. The lowest BCUT2D eigenvalue weighted by atomic mass is 9.77. The molecule has 0 bridgehead atoms. The smallest absolute Gasteiger partial charge is 0.295 e. The zero-order chi connectivity index (χ0) is 44.3. The van der Waals surface area contributed by atoms with Crippen LogP contribution in [0, 0.1) is 20.4 Å². The molecule has 3 aliphatic heterocycles. The number of hydrogen-bond acceptors (Lipinski definition) is 11. The fourth-order valence-electron chi connectivity index (χ4n) is 10.2. The maximum atomic E-state index is 12.3. The molecule has 0 saturated carbocycles. The summed E-state index contributed by atoms with van der Waals surface area (Å²) in [6.07, 6.45) is 5.17. The van der Waals surface area contributed by atoms with Crippen molar-refractivity contribution in [3.05, 3.63) is 86.8 Å². The summed E-state index contributed by atoms with van der Waals surface area (Å²) in [5.41, 5.74) is 6.49. The van der Waals surface area contributed by atoms with Crippen molar-refractivity contribution in [2.24, 2.45) is 0 Å². The second-order valence-electron chi connectivity index (χ2n) is 17.6. The molecule has 332 valence electrons. The van der Waals surface area contributed by atoms with E-state index in [1.54, 1.807) is 28.4 Å². The number of nitrogens with zero attached hydrogens (tertiary/aromatic N) is 3. The summed E-state index contributed by atoms with van der Waals surface area (Å²) in [5.74, 6) is 2.11. The summed E-state index contributed by atoms with van der Waals surface area (Å²) >= 11 is 0. The Bertz CT molecular complexity index is 2080. The van der Waals surface area contributed by atoms with Crippen LogP contribution in [0.2, 0.25) is 17.6 Å². The van der Waals surface area contributed by atoms with Gasteiger partial charge in [0.25, 0.3) is 6.17 Å². The topological polar surface area (TPSA) is 119 Å². The Hall–Kier alpha value is -4.29. The van der Waals surface area contributed by atoms with Gasteiger partial charge in [0.1, 0.15) is 17.5 Å². The molecule has 6 atom stereocenters. The van der Waals surface area contributed by atoms with Gasteiger partial charge in [0.05, 0.1) is 53.2 Å². The van der Waals surface area contributed by atoms with Gasteiger partial charge in [-0.05, 0) is 56.9 Å². The molecular formula is C48H68N4O8Si. The minimum atomic E-state index is -1.92. The first-order chi connectivity index (χ1) is 29.2. The van der Waals surface area contributed by atoms with E-state index >= 15 is 0 Å². The van der Waals surface area contributed by atoms with E-state index in [1.165, 1.54) is 0 Å². The standard InChI is InChI=1S/C48H68N4O8Si/c1-28(2)61(13,29(3)4)60-23-21-33-27-52(22-24-59-33)48(49-7)38-26-35-40(43(54)47(58-12)31(6)45(35)56-10)41(51(38)8)37-25-34-39(42(53)46(57-11)30(5)44(34)55-9)36(50-37)20-19-32-17-15-14-16-18-32/h14-20,28-29,33,36-38,41,48,50,53-54H,21-27H2,1-6,8-13H3/b20-19+/t33-,36-,37?,38?,41?,48-/m0/s1.